The van der Waals surface area contributed by atoms with Gasteiger partial charge in [-0.25, -0.2) is 12.8 Å². The molecule has 1 amide bonds. The number of halogens is 1. The summed E-state index contributed by atoms with van der Waals surface area (Å²) in [4.78, 5) is 14.8. The summed E-state index contributed by atoms with van der Waals surface area (Å²) in [6, 6.07) is 12.5. The number of anilines is 1. The Hall–Kier alpha value is -2.45. The van der Waals surface area contributed by atoms with Crippen molar-refractivity contribution in [1.29, 1.82) is 0 Å². The molecule has 2 atom stereocenters. The number of benzene rings is 2. The maximum atomic E-state index is 14.3. The largest absolute Gasteiger partial charge is 0.497 e. The van der Waals surface area contributed by atoms with Crippen LogP contribution < -0.4 is 9.64 Å². The smallest absolute Gasteiger partial charge is 0.245 e. The fourth-order valence-corrected chi connectivity index (χ4v) is 5.55. The number of carbonyl (C=O) groups excluding carboxylic acids is 1. The van der Waals surface area contributed by atoms with Crippen molar-refractivity contribution in [3.8, 4) is 5.75 Å². The topological polar surface area (TPSA) is 66.9 Å². The number of methoxy groups -OCH3 is 1. The molecule has 0 bridgehead atoms. The highest BCUT2D eigenvalue weighted by molar-refractivity contribution is 7.89. The van der Waals surface area contributed by atoms with Gasteiger partial charge in [-0.2, -0.15) is 4.31 Å². The van der Waals surface area contributed by atoms with Gasteiger partial charge in [-0.1, -0.05) is 24.3 Å². The first kappa shape index (κ1) is 18.9. The Balaban J connectivity index is 1.66. The number of hydrogen-bond donors (Lipinski definition) is 0. The number of nitrogens with zero attached hydrogens (tertiary/aromatic N) is 2. The molecule has 2 aromatic rings. The Morgan fingerprint density at radius 1 is 1.18 bits per heavy atom. The molecular formula is C20H21FN2O4S. The van der Waals surface area contributed by atoms with Crippen LogP contribution in [0.5, 0.6) is 5.75 Å². The summed E-state index contributed by atoms with van der Waals surface area (Å²) in [6.07, 6.45) is -0.816. The number of hydrogen-bond acceptors (Lipinski definition) is 4. The Kier molecular flexibility index (Phi) is 4.84. The monoisotopic (exact) mass is 404 g/mol. The third kappa shape index (κ3) is 3.16. The van der Waals surface area contributed by atoms with Crippen LogP contribution >= 0.6 is 0 Å². The molecule has 2 aliphatic heterocycles. The lowest BCUT2D eigenvalue weighted by Crippen LogP contribution is -2.47. The van der Waals surface area contributed by atoms with E-state index >= 15 is 0 Å². The number of para-hydroxylation sites is 1. The van der Waals surface area contributed by atoms with Crippen molar-refractivity contribution in [2.45, 2.75) is 30.0 Å². The van der Waals surface area contributed by atoms with Crippen LogP contribution in [0.15, 0.2) is 53.4 Å². The number of sulfonamides is 1. The van der Waals surface area contributed by atoms with Crippen molar-refractivity contribution in [3.63, 3.8) is 0 Å². The van der Waals surface area contributed by atoms with Gasteiger partial charge in [0.05, 0.1) is 12.0 Å². The van der Waals surface area contributed by atoms with Crippen molar-refractivity contribution in [1.82, 2.24) is 4.31 Å². The molecule has 8 heteroatoms. The number of amides is 1. The van der Waals surface area contributed by atoms with Crippen LogP contribution in [-0.2, 0) is 21.2 Å². The van der Waals surface area contributed by atoms with Gasteiger partial charge in [-0.15, -0.1) is 0 Å². The van der Waals surface area contributed by atoms with Gasteiger partial charge in [0, 0.05) is 31.3 Å². The van der Waals surface area contributed by atoms with E-state index in [1.807, 2.05) is 24.3 Å². The minimum atomic E-state index is -4.04. The zero-order valence-electron chi connectivity index (χ0n) is 15.4. The van der Waals surface area contributed by atoms with E-state index in [0.29, 0.717) is 18.7 Å². The van der Waals surface area contributed by atoms with Crippen molar-refractivity contribution in [2.75, 3.05) is 25.1 Å². The van der Waals surface area contributed by atoms with Gasteiger partial charge in [0.1, 0.15) is 18.0 Å². The van der Waals surface area contributed by atoms with Gasteiger partial charge in [0.15, 0.2) is 0 Å². The number of fused-ring (bicyclic) bond motifs is 1. The fourth-order valence-electron chi connectivity index (χ4n) is 3.89. The fraction of sp³-hybridized carbons (Fsp3) is 0.350. The molecule has 0 aromatic heterocycles. The van der Waals surface area contributed by atoms with E-state index in [1.54, 1.807) is 17.0 Å². The number of alkyl halides is 1. The van der Waals surface area contributed by atoms with Crippen molar-refractivity contribution in [2.24, 2.45) is 0 Å². The average molecular weight is 404 g/mol. The van der Waals surface area contributed by atoms with E-state index in [-0.39, 0.29) is 23.8 Å². The highest BCUT2D eigenvalue weighted by Gasteiger charge is 2.46. The molecule has 28 heavy (non-hydrogen) atoms. The van der Waals surface area contributed by atoms with Crippen LogP contribution in [0.25, 0.3) is 0 Å². The van der Waals surface area contributed by atoms with Crippen LogP contribution in [0, 0.1) is 0 Å². The summed E-state index contributed by atoms with van der Waals surface area (Å²) >= 11 is 0. The van der Waals surface area contributed by atoms with Crippen LogP contribution in [0.2, 0.25) is 0 Å². The summed E-state index contributed by atoms with van der Waals surface area (Å²) in [5.41, 5.74) is 1.81. The summed E-state index contributed by atoms with van der Waals surface area (Å²) < 4.78 is 46.7. The summed E-state index contributed by atoms with van der Waals surface area (Å²) in [7, 11) is -2.60. The number of carbonyl (C=O) groups is 1. The predicted molar refractivity (Wildman–Crippen MR) is 103 cm³/mol. The van der Waals surface area contributed by atoms with Crippen LogP contribution in [0.4, 0.5) is 10.1 Å². The molecule has 1 saturated heterocycles. The lowest BCUT2D eigenvalue weighted by molar-refractivity contribution is -0.121. The molecule has 0 unspecified atom stereocenters. The van der Waals surface area contributed by atoms with Crippen LogP contribution in [-0.4, -0.2) is 51.0 Å². The Morgan fingerprint density at radius 3 is 2.75 bits per heavy atom. The molecule has 148 valence electrons. The number of rotatable bonds is 4. The average Bonchev–Trinajstić information content (AvgIpc) is 3.31. The highest BCUT2D eigenvalue weighted by atomic mass is 32.2. The molecule has 0 N–H and O–H groups in total. The summed E-state index contributed by atoms with van der Waals surface area (Å²) in [5.74, 6) is 0.00462. The third-order valence-electron chi connectivity index (χ3n) is 5.29. The first-order valence-electron chi connectivity index (χ1n) is 9.11. The summed E-state index contributed by atoms with van der Waals surface area (Å²) in [5, 5.41) is 0. The lowest BCUT2D eigenvalue weighted by Gasteiger charge is -2.27. The molecule has 0 spiro atoms. The van der Waals surface area contributed by atoms with Gasteiger partial charge < -0.3 is 9.64 Å². The highest BCUT2D eigenvalue weighted by Crippen LogP contribution is 2.34. The van der Waals surface area contributed by atoms with Crippen molar-refractivity contribution in [3.05, 3.63) is 54.1 Å². The van der Waals surface area contributed by atoms with E-state index in [9.17, 15) is 17.6 Å². The minimum Gasteiger partial charge on any atom is -0.497 e. The quantitative estimate of drug-likeness (QED) is 0.785. The zero-order valence-corrected chi connectivity index (χ0v) is 16.2. The normalized spacial score (nSPS) is 22.3. The van der Waals surface area contributed by atoms with Crippen LogP contribution in [0.1, 0.15) is 12.0 Å². The summed E-state index contributed by atoms with van der Waals surface area (Å²) in [6.45, 7) is 0.143. The van der Waals surface area contributed by atoms with Crippen molar-refractivity contribution < 1.29 is 22.3 Å². The maximum absolute atomic E-state index is 14.3. The molecule has 2 aliphatic rings. The molecule has 0 radical (unpaired) electrons. The Morgan fingerprint density at radius 2 is 1.96 bits per heavy atom. The number of ether oxygens (including phenoxy) is 1. The predicted octanol–water partition coefficient (Wildman–Crippen LogP) is 2.39. The molecule has 2 aromatic carbocycles. The van der Waals surface area contributed by atoms with E-state index in [0.717, 1.165) is 15.6 Å². The minimum absolute atomic E-state index is 0.0134. The third-order valence-corrected chi connectivity index (χ3v) is 7.16. The van der Waals surface area contributed by atoms with Gasteiger partial charge in [0.2, 0.25) is 15.9 Å². The van der Waals surface area contributed by atoms with Gasteiger partial charge in [-0.05, 0) is 30.2 Å². The van der Waals surface area contributed by atoms with E-state index in [2.05, 4.69) is 0 Å². The Bertz CT molecular complexity index is 1010. The van der Waals surface area contributed by atoms with E-state index < -0.39 is 22.2 Å². The Labute approximate surface area is 163 Å². The SMILES string of the molecule is COc1cccc(S(=O)(=O)N2C[C@@H](F)C[C@H]2C(=O)N2CCc3ccccc32)c1. The lowest BCUT2D eigenvalue weighted by atomic mass is 10.1. The van der Waals surface area contributed by atoms with E-state index in [4.69, 9.17) is 4.74 Å². The molecule has 6 nitrogen and oxygen atoms in total. The zero-order chi connectivity index (χ0) is 19.9. The van der Waals surface area contributed by atoms with E-state index in [1.165, 1.54) is 19.2 Å². The second kappa shape index (κ2) is 7.18. The molecule has 0 saturated carbocycles. The molecule has 1 fully saturated rings. The molecular weight excluding hydrogens is 383 g/mol. The van der Waals surface area contributed by atoms with Crippen LogP contribution in [0.3, 0.4) is 0 Å². The molecule has 2 heterocycles. The maximum Gasteiger partial charge on any atom is 0.245 e. The first-order valence-corrected chi connectivity index (χ1v) is 10.5. The molecule has 0 aliphatic carbocycles. The van der Waals surface area contributed by atoms with Gasteiger partial charge in [-0.3, -0.25) is 4.79 Å². The van der Waals surface area contributed by atoms with Crippen molar-refractivity contribution >= 4 is 21.6 Å². The van der Waals surface area contributed by atoms with Gasteiger partial charge in [0.25, 0.3) is 0 Å². The second-order valence-corrected chi connectivity index (χ2v) is 8.86. The van der Waals surface area contributed by atoms with Gasteiger partial charge >= 0.3 is 0 Å². The molecule has 4 rings (SSSR count). The first-order chi connectivity index (χ1) is 13.4. The second-order valence-electron chi connectivity index (χ2n) is 6.97. The standard InChI is InChI=1S/C20H21FN2O4S/c1-27-16-6-4-7-17(12-16)28(25,26)23-13-15(21)11-19(23)20(24)22-10-9-14-5-2-3-8-18(14)22/h2-8,12,15,19H,9-11,13H2,1H3/t15-,19-/m0/s1.